The molecule has 0 bridgehead atoms. The van der Waals surface area contributed by atoms with Crippen LogP contribution in [-0.2, 0) is 10.0 Å². The smallest absolute Gasteiger partial charge is 0.296 e. The Morgan fingerprint density at radius 2 is 1.92 bits per heavy atom. The van der Waals surface area contributed by atoms with E-state index < -0.39 is 10.0 Å². The van der Waals surface area contributed by atoms with E-state index in [0.717, 1.165) is 15.5 Å². The van der Waals surface area contributed by atoms with Gasteiger partial charge in [-0.15, -0.1) is 0 Å². The van der Waals surface area contributed by atoms with Gasteiger partial charge < -0.3 is 4.98 Å². The Hall–Kier alpha value is -2.64. The fourth-order valence-electron chi connectivity index (χ4n) is 2.98. The first kappa shape index (κ1) is 16.8. The van der Waals surface area contributed by atoms with Gasteiger partial charge in [-0.05, 0) is 23.3 Å². The number of H-pyrrole nitrogens is 1. The monoisotopic (exact) mass is 386 g/mol. The second kappa shape index (κ2) is 6.59. The minimum atomic E-state index is -3.79. The summed E-state index contributed by atoms with van der Waals surface area (Å²) in [5, 5.41) is 5.06. The van der Waals surface area contributed by atoms with Crippen LogP contribution >= 0.6 is 11.6 Å². The van der Waals surface area contributed by atoms with Crippen LogP contribution in [0, 0.1) is 0 Å². The molecule has 0 saturated heterocycles. The van der Waals surface area contributed by atoms with Gasteiger partial charge in [-0.3, -0.25) is 0 Å². The van der Waals surface area contributed by atoms with E-state index in [1.165, 1.54) is 12.5 Å². The van der Waals surface area contributed by atoms with E-state index in [9.17, 15) is 8.42 Å². The Balaban J connectivity index is 1.79. The lowest BCUT2D eigenvalue weighted by Gasteiger charge is -2.16. The Morgan fingerprint density at radius 3 is 2.62 bits per heavy atom. The lowest BCUT2D eigenvalue weighted by molar-refractivity contribution is 0.449. The predicted molar refractivity (Wildman–Crippen MR) is 99.7 cm³/mol. The summed E-state index contributed by atoms with van der Waals surface area (Å²) in [6, 6.07) is 17.0. The van der Waals surface area contributed by atoms with E-state index in [4.69, 9.17) is 11.6 Å². The number of aromatic nitrogens is 2. The maximum absolute atomic E-state index is 12.8. The lowest BCUT2D eigenvalue weighted by atomic mass is 9.91. The lowest BCUT2D eigenvalue weighted by Crippen LogP contribution is -2.26. The van der Waals surface area contributed by atoms with Gasteiger partial charge in [0, 0.05) is 10.9 Å². The highest BCUT2D eigenvalue weighted by molar-refractivity contribution is 7.89. The normalized spacial score (nSPS) is 17.3. The van der Waals surface area contributed by atoms with E-state index in [0.29, 0.717) is 10.7 Å². The van der Waals surface area contributed by atoms with E-state index in [1.807, 2.05) is 48.5 Å². The second-order valence-electron chi connectivity index (χ2n) is 5.88. The average Bonchev–Trinajstić information content (AvgIpc) is 3.33. The van der Waals surface area contributed by atoms with Crippen molar-refractivity contribution in [3.63, 3.8) is 0 Å². The van der Waals surface area contributed by atoms with E-state index >= 15 is 0 Å². The zero-order valence-corrected chi connectivity index (χ0v) is 15.2. The fourth-order valence-corrected chi connectivity index (χ4v) is 4.34. The molecule has 2 aromatic carbocycles. The highest BCUT2D eigenvalue weighted by Gasteiger charge is 2.36. The van der Waals surface area contributed by atoms with Crippen molar-refractivity contribution in [2.24, 2.45) is 5.10 Å². The zero-order chi connectivity index (χ0) is 18.1. The van der Waals surface area contributed by atoms with Crippen LogP contribution in [-0.4, -0.2) is 35.1 Å². The molecule has 2 heterocycles. The molecular formula is C18H15ClN4O2S. The predicted octanol–water partition coefficient (Wildman–Crippen LogP) is 3.26. The number of hydrogen-bond acceptors (Lipinski definition) is 4. The molecule has 1 atom stereocenters. The first-order valence-electron chi connectivity index (χ1n) is 7.96. The van der Waals surface area contributed by atoms with Gasteiger partial charge in [0.25, 0.3) is 10.0 Å². The summed E-state index contributed by atoms with van der Waals surface area (Å²) in [7, 11) is -3.79. The molecule has 0 spiro atoms. The topological polar surface area (TPSA) is 78.4 Å². The first-order chi connectivity index (χ1) is 12.6. The van der Waals surface area contributed by atoms with Crippen LogP contribution in [0.5, 0.6) is 0 Å². The summed E-state index contributed by atoms with van der Waals surface area (Å²) >= 11 is 6.14. The van der Waals surface area contributed by atoms with Gasteiger partial charge >= 0.3 is 0 Å². The van der Waals surface area contributed by atoms with Gasteiger partial charge in [0.1, 0.15) is 0 Å². The molecule has 1 aromatic heterocycles. The van der Waals surface area contributed by atoms with Crippen LogP contribution in [0.1, 0.15) is 17.0 Å². The minimum absolute atomic E-state index is 0.0143. The van der Waals surface area contributed by atoms with Crippen LogP contribution in [0.2, 0.25) is 5.02 Å². The number of halogens is 1. The van der Waals surface area contributed by atoms with Crippen LogP contribution in [0.15, 0.2) is 77.2 Å². The van der Waals surface area contributed by atoms with Crippen molar-refractivity contribution in [2.45, 2.75) is 10.9 Å². The van der Waals surface area contributed by atoms with Crippen molar-refractivity contribution in [2.75, 3.05) is 6.54 Å². The maximum Gasteiger partial charge on any atom is 0.296 e. The SMILES string of the molecule is O=S(=O)(c1cnc[nH]1)N1CC(c2cccc(Cl)c2)C(c2ccccc2)=N1. The average molecular weight is 387 g/mol. The van der Waals surface area contributed by atoms with Crippen molar-refractivity contribution < 1.29 is 8.42 Å². The van der Waals surface area contributed by atoms with Gasteiger partial charge in [-0.1, -0.05) is 54.1 Å². The van der Waals surface area contributed by atoms with Gasteiger partial charge in [-0.25, -0.2) is 4.98 Å². The van der Waals surface area contributed by atoms with Crippen molar-refractivity contribution in [1.29, 1.82) is 0 Å². The van der Waals surface area contributed by atoms with E-state index in [2.05, 4.69) is 15.1 Å². The molecule has 8 heteroatoms. The highest BCUT2D eigenvalue weighted by Crippen LogP contribution is 2.32. The molecule has 0 aliphatic carbocycles. The summed E-state index contributed by atoms with van der Waals surface area (Å²) in [6.45, 7) is 0.200. The van der Waals surface area contributed by atoms with Crippen molar-refractivity contribution >= 4 is 27.3 Å². The number of hydrogen-bond donors (Lipinski definition) is 1. The molecule has 132 valence electrons. The standard InChI is InChI=1S/C18H15ClN4O2S/c19-15-8-4-7-14(9-15)16-11-23(26(24,25)17-10-20-12-21-17)22-18(16)13-5-2-1-3-6-13/h1-10,12,16H,11H2,(H,20,21). The number of nitrogens with one attached hydrogen (secondary N) is 1. The van der Waals surface area contributed by atoms with Gasteiger partial charge in [0.2, 0.25) is 0 Å². The third-order valence-electron chi connectivity index (χ3n) is 4.24. The van der Waals surface area contributed by atoms with Crippen LogP contribution in [0.4, 0.5) is 0 Å². The molecule has 1 N–H and O–H groups in total. The molecule has 3 aromatic rings. The van der Waals surface area contributed by atoms with Crippen LogP contribution in [0.25, 0.3) is 0 Å². The van der Waals surface area contributed by atoms with Gasteiger partial charge in [0.15, 0.2) is 5.03 Å². The highest BCUT2D eigenvalue weighted by atomic mass is 35.5. The molecule has 1 aliphatic heterocycles. The third kappa shape index (κ3) is 3.00. The molecule has 26 heavy (non-hydrogen) atoms. The molecule has 0 radical (unpaired) electrons. The Bertz CT molecular complexity index is 1050. The summed E-state index contributed by atoms with van der Waals surface area (Å²) in [4.78, 5) is 6.44. The number of aromatic amines is 1. The molecule has 1 aliphatic rings. The van der Waals surface area contributed by atoms with Crippen molar-refractivity contribution in [3.05, 3.63) is 83.3 Å². The van der Waals surface area contributed by atoms with Gasteiger partial charge in [-0.2, -0.15) is 17.9 Å². The Morgan fingerprint density at radius 1 is 1.12 bits per heavy atom. The molecule has 0 saturated carbocycles. The summed E-state index contributed by atoms with van der Waals surface area (Å²) < 4.78 is 26.8. The fraction of sp³-hybridized carbons (Fsp3) is 0.111. The minimum Gasteiger partial charge on any atom is -0.334 e. The molecule has 0 fully saturated rings. The van der Waals surface area contributed by atoms with Crippen LogP contribution < -0.4 is 0 Å². The number of imidazole rings is 1. The summed E-state index contributed by atoms with van der Waals surface area (Å²) in [5.41, 5.74) is 2.48. The number of sulfonamides is 1. The van der Waals surface area contributed by atoms with E-state index in [-0.39, 0.29) is 17.5 Å². The molecule has 4 rings (SSSR count). The third-order valence-corrected chi connectivity index (χ3v) is 6.04. The van der Waals surface area contributed by atoms with Crippen LogP contribution in [0.3, 0.4) is 0 Å². The molecule has 0 amide bonds. The molecular weight excluding hydrogens is 372 g/mol. The van der Waals surface area contributed by atoms with Crippen molar-refractivity contribution in [1.82, 2.24) is 14.4 Å². The number of nitrogens with zero attached hydrogens (tertiary/aromatic N) is 3. The zero-order valence-electron chi connectivity index (χ0n) is 13.6. The second-order valence-corrected chi connectivity index (χ2v) is 8.13. The maximum atomic E-state index is 12.8. The number of benzene rings is 2. The van der Waals surface area contributed by atoms with Crippen molar-refractivity contribution in [3.8, 4) is 0 Å². The number of rotatable bonds is 4. The van der Waals surface area contributed by atoms with E-state index in [1.54, 1.807) is 6.07 Å². The number of hydrazone groups is 1. The Labute approximate surface area is 156 Å². The quantitative estimate of drug-likeness (QED) is 0.747. The Kier molecular flexibility index (Phi) is 4.26. The summed E-state index contributed by atoms with van der Waals surface area (Å²) in [6.07, 6.45) is 2.61. The first-order valence-corrected chi connectivity index (χ1v) is 9.78. The molecule has 1 unspecified atom stereocenters. The molecule has 6 nitrogen and oxygen atoms in total. The summed E-state index contributed by atoms with van der Waals surface area (Å²) in [5.74, 6) is -0.214. The largest absolute Gasteiger partial charge is 0.334 e. The van der Waals surface area contributed by atoms with Gasteiger partial charge in [0.05, 0.1) is 24.8 Å².